The molecule has 1 heterocycles. The van der Waals surface area contributed by atoms with Crippen LogP contribution >= 0.6 is 11.6 Å². The number of ketones is 1. The van der Waals surface area contributed by atoms with Crippen LogP contribution in [-0.2, 0) is 0 Å². The van der Waals surface area contributed by atoms with Gasteiger partial charge >= 0.3 is 0 Å². The lowest BCUT2D eigenvalue weighted by Gasteiger charge is -2.03. The van der Waals surface area contributed by atoms with Crippen molar-refractivity contribution >= 4 is 28.4 Å². The van der Waals surface area contributed by atoms with Gasteiger partial charge in [0, 0.05) is 10.9 Å². The van der Waals surface area contributed by atoms with Crippen molar-refractivity contribution in [3.05, 3.63) is 64.6 Å². The average Bonchev–Trinajstić information content (AvgIpc) is 2.92. The molecule has 0 radical (unpaired) electrons. The summed E-state index contributed by atoms with van der Waals surface area (Å²) in [6.07, 6.45) is 0. The van der Waals surface area contributed by atoms with Crippen LogP contribution in [0.15, 0.2) is 46.9 Å². The largest absolute Gasteiger partial charge is 0.494 e. The Morgan fingerprint density at radius 1 is 1.24 bits per heavy atom. The van der Waals surface area contributed by atoms with Gasteiger partial charge in [-0.1, -0.05) is 23.7 Å². The molecule has 0 saturated carbocycles. The van der Waals surface area contributed by atoms with Gasteiger partial charge in [-0.25, -0.2) is 4.39 Å². The summed E-state index contributed by atoms with van der Waals surface area (Å²) in [5.41, 5.74) is 0.625. The topological polar surface area (TPSA) is 39.4 Å². The van der Waals surface area contributed by atoms with E-state index in [4.69, 9.17) is 20.8 Å². The number of ether oxygens (including phenoxy) is 1. The molecule has 0 atom stereocenters. The summed E-state index contributed by atoms with van der Waals surface area (Å²) in [6, 6.07) is 10.8. The molecule has 1 aromatic heterocycles. The summed E-state index contributed by atoms with van der Waals surface area (Å²) in [4.78, 5) is 12.3. The molecule has 0 aliphatic rings. The minimum atomic E-state index is -0.600. The predicted molar refractivity (Wildman–Crippen MR) is 77.6 cm³/mol. The molecule has 0 unspecified atom stereocenters. The number of halogens is 2. The molecule has 21 heavy (non-hydrogen) atoms. The molecule has 0 spiro atoms. The van der Waals surface area contributed by atoms with E-state index in [1.54, 1.807) is 24.3 Å². The fraction of sp³-hybridized carbons (Fsp3) is 0.0625. The van der Waals surface area contributed by atoms with Gasteiger partial charge in [0.2, 0.25) is 5.78 Å². The Morgan fingerprint density at radius 2 is 2.05 bits per heavy atom. The van der Waals surface area contributed by atoms with Crippen LogP contribution in [0, 0.1) is 5.82 Å². The molecule has 2 aromatic carbocycles. The number of carbonyl (C=O) groups is 1. The zero-order chi connectivity index (χ0) is 15.0. The first-order valence-electron chi connectivity index (χ1n) is 6.16. The third-order valence-corrected chi connectivity index (χ3v) is 3.43. The number of para-hydroxylation sites is 1. The van der Waals surface area contributed by atoms with Gasteiger partial charge in [0.15, 0.2) is 22.9 Å². The maximum atomic E-state index is 13.7. The molecule has 0 saturated heterocycles. The van der Waals surface area contributed by atoms with E-state index < -0.39 is 11.6 Å². The van der Waals surface area contributed by atoms with Gasteiger partial charge in [0.1, 0.15) is 0 Å². The zero-order valence-electron chi connectivity index (χ0n) is 11.0. The standard InChI is InChI=1S/C16H10ClFO3/c1-20-13-6-5-9(7-12(13)18)15(19)14-8-10-3-2-4-11(17)16(10)21-14/h2-8H,1H3. The van der Waals surface area contributed by atoms with E-state index >= 15 is 0 Å². The van der Waals surface area contributed by atoms with E-state index in [0.717, 1.165) is 11.5 Å². The van der Waals surface area contributed by atoms with E-state index in [9.17, 15) is 9.18 Å². The first kappa shape index (κ1) is 13.6. The second-order valence-corrected chi connectivity index (χ2v) is 4.85. The Balaban J connectivity index is 2.04. The molecule has 3 nitrogen and oxygen atoms in total. The maximum absolute atomic E-state index is 13.7. The number of furan rings is 1. The number of carbonyl (C=O) groups excluding carboxylic acids is 1. The van der Waals surface area contributed by atoms with Gasteiger partial charge in [-0.2, -0.15) is 0 Å². The van der Waals surface area contributed by atoms with Crippen molar-refractivity contribution in [3.8, 4) is 5.75 Å². The molecule has 5 heteroatoms. The van der Waals surface area contributed by atoms with Gasteiger partial charge in [-0.3, -0.25) is 4.79 Å². The molecule has 3 aromatic rings. The average molecular weight is 305 g/mol. The minimum Gasteiger partial charge on any atom is -0.494 e. The molecular weight excluding hydrogens is 295 g/mol. The predicted octanol–water partition coefficient (Wildman–Crippen LogP) is 4.46. The molecule has 0 N–H and O–H groups in total. The molecule has 3 rings (SSSR count). The smallest absolute Gasteiger partial charge is 0.228 e. The normalized spacial score (nSPS) is 10.8. The summed E-state index contributed by atoms with van der Waals surface area (Å²) in [7, 11) is 1.36. The van der Waals surface area contributed by atoms with Crippen molar-refractivity contribution in [1.82, 2.24) is 0 Å². The van der Waals surface area contributed by atoms with E-state index in [2.05, 4.69) is 0 Å². The highest BCUT2D eigenvalue weighted by Crippen LogP contribution is 2.28. The van der Waals surface area contributed by atoms with Crippen LogP contribution in [0.3, 0.4) is 0 Å². The van der Waals surface area contributed by atoms with E-state index in [1.165, 1.54) is 19.2 Å². The second-order valence-electron chi connectivity index (χ2n) is 4.45. The second kappa shape index (κ2) is 5.22. The van der Waals surface area contributed by atoms with Gasteiger partial charge in [-0.05, 0) is 30.3 Å². The van der Waals surface area contributed by atoms with Gasteiger partial charge in [0.05, 0.1) is 12.1 Å². The Kier molecular flexibility index (Phi) is 3.39. The third kappa shape index (κ3) is 2.38. The van der Waals surface area contributed by atoms with Crippen molar-refractivity contribution in [2.45, 2.75) is 0 Å². The van der Waals surface area contributed by atoms with Gasteiger partial charge in [0.25, 0.3) is 0 Å². The van der Waals surface area contributed by atoms with Crippen molar-refractivity contribution < 1.29 is 18.3 Å². The Labute approximate surface area is 124 Å². The highest BCUT2D eigenvalue weighted by Gasteiger charge is 2.17. The van der Waals surface area contributed by atoms with Crippen molar-refractivity contribution in [2.24, 2.45) is 0 Å². The van der Waals surface area contributed by atoms with Crippen molar-refractivity contribution in [3.63, 3.8) is 0 Å². The Morgan fingerprint density at radius 3 is 2.71 bits per heavy atom. The lowest BCUT2D eigenvalue weighted by atomic mass is 10.1. The lowest BCUT2D eigenvalue weighted by Crippen LogP contribution is -2.01. The summed E-state index contributed by atoms with van der Waals surface area (Å²) in [5, 5.41) is 1.15. The summed E-state index contributed by atoms with van der Waals surface area (Å²) in [6.45, 7) is 0. The Hall–Kier alpha value is -2.33. The zero-order valence-corrected chi connectivity index (χ0v) is 11.8. The van der Waals surface area contributed by atoms with Crippen LogP contribution in [0.25, 0.3) is 11.0 Å². The molecule has 0 amide bonds. The summed E-state index contributed by atoms with van der Waals surface area (Å²) >= 11 is 6.00. The van der Waals surface area contributed by atoms with Crippen LogP contribution in [-0.4, -0.2) is 12.9 Å². The highest BCUT2D eigenvalue weighted by atomic mass is 35.5. The number of benzene rings is 2. The van der Waals surface area contributed by atoms with Crippen molar-refractivity contribution in [1.29, 1.82) is 0 Å². The monoisotopic (exact) mass is 304 g/mol. The quantitative estimate of drug-likeness (QED) is 0.670. The fourth-order valence-corrected chi connectivity index (χ4v) is 2.31. The third-order valence-electron chi connectivity index (χ3n) is 3.13. The van der Waals surface area contributed by atoms with Crippen LogP contribution in [0.5, 0.6) is 5.75 Å². The van der Waals surface area contributed by atoms with Crippen LogP contribution in [0.4, 0.5) is 4.39 Å². The lowest BCUT2D eigenvalue weighted by molar-refractivity contribution is 0.101. The first-order valence-corrected chi connectivity index (χ1v) is 6.54. The fourth-order valence-electron chi connectivity index (χ4n) is 2.09. The molecular formula is C16H10ClFO3. The highest BCUT2D eigenvalue weighted by molar-refractivity contribution is 6.35. The first-order chi connectivity index (χ1) is 10.1. The molecule has 106 valence electrons. The summed E-state index contributed by atoms with van der Waals surface area (Å²) < 4.78 is 24.0. The van der Waals surface area contributed by atoms with Crippen LogP contribution in [0.1, 0.15) is 16.1 Å². The number of hydrogen-bond donors (Lipinski definition) is 0. The van der Waals surface area contributed by atoms with Crippen LogP contribution < -0.4 is 4.74 Å². The maximum Gasteiger partial charge on any atom is 0.228 e. The number of fused-ring (bicyclic) bond motifs is 1. The molecule has 0 aliphatic carbocycles. The van der Waals surface area contributed by atoms with Gasteiger partial charge < -0.3 is 9.15 Å². The van der Waals surface area contributed by atoms with Gasteiger partial charge in [-0.15, -0.1) is 0 Å². The molecule has 0 aliphatic heterocycles. The van der Waals surface area contributed by atoms with E-state index in [0.29, 0.717) is 10.6 Å². The van der Waals surface area contributed by atoms with E-state index in [1.807, 2.05) is 0 Å². The molecule has 0 fully saturated rings. The summed E-state index contributed by atoms with van der Waals surface area (Å²) in [5.74, 6) is -0.816. The SMILES string of the molecule is COc1ccc(C(=O)c2cc3cccc(Cl)c3o2)cc1F. The molecule has 0 bridgehead atoms. The number of methoxy groups -OCH3 is 1. The van der Waals surface area contributed by atoms with E-state index in [-0.39, 0.29) is 17.1 Å². The number of rotatable bonds is 3. The Bertz CT molecular complexity index is 839. The number of hydrogen-bond acceptors (Lipinski definition) is 3. The van der Waals surface area contributed by atoms with Crippen LogP contribution in [0.2, 0.25) is 5.02 Å². The minimum absolute atomic E-state index is 0.0826. The van der Waals surface area contributed by atoms with Crippen molar-refractivity contribution in [2.75, 3.05) is 7.11 Å².